The van der Waals surface area contributed by atoms with Crippen LogP contribution < -0.4 is 10.3 Å². The Balaban J connectivity index is 2.74. The summed E-state index contributed by atoms with van der Waals surface area (Å²) >= 11 is 0. The summed E-state index contributed by atoms with van der Waals surface area (Å²) in [6, 6.07) is 1.18. The lowest BCUT2D eigenvalue weighted by Gasteiger charge is -2.01. The molecule has 0 spiro atoms. The van der Waals surface area contributed by atoms with Crippen LogP contribution in [0.5, 0.6) is 5.75 Å². The van der Waals surface area contributed by atoms with Crippen molar-refractivity contribution in [3.05, 3.63) is 22.6 Å². The van der Waals surface area contributed by atoms with Crippen LogP contribution in [0.1, 0.15) is 0 Å². The molecule has 0 saturated heterocycles. The molecule has 0 saturated carbocycles. The van der Waals surface area contributed by atoms with Crippen molar-refractivity contribution in [2.24, 2.45) is 7.05 Å². The van der Waals surface area contributed by atoms with Crippen LogP contribution in [0.15, 0.2) is 17.1 Å². The van der Waals surface area contributed by atoms with Crippen molar-refractivity contribution in [1.82, 2.24) is 9.78 Å². The molecule has 0 amide bonds. The summed E-state index contributed by atoms with van der Waals surface area (Å²) in [5.74, 6) is -0.939. The van der Waals surface area contributed by atoms with Crippen molar-refractivity contribution in [2.45, 2.75) is 0 Å². The molecule has 0 aliphatic rings. The van der Waals surface area contributed by atoms with Crippen molar-refractivity contribution in [3.63, 3.8) is 0 Å². The van der Waals surface area contributed by atoms with Crippen LogP contribution >= 0.6 is 0 Å². The van der Waals surface area contributed by atoms with Crippen LogP contribution in [0, 0.1) is 0 Å². The molecule has 13 heavy (non-hydrogen) atoms. The number of aryl methyl sites for hydroxylation is 1. The lowest BCUT2D eigenvalue weighted by Crippen LogP contribution is -2.19. The molecular weight excluding hydrogens is 176 g/mol. The monoisotopic (exact) mass is 184 g/mol. The molecule has 0 bridgehead atoms. The normalized spacial score (nSPS) is 9.62. The van der Waals surface area contributed by atoms with E-state index >= 15 is 0 Å². The van der Waals surface area contributed by atoms with Crippen molar-refractivity contribution in [3.8, 4) is 5.75 Å². The Labute approximate surface area is 73.4 Å². The zero-order valence-electron chi connectivity index (χ0n) is 6.93. The molecule has 0 atom stereocenters. The first-order chi connectivity index (χ1) is 6.09. The molecule has 70 valence electrons. The Morgan fingerprint density at radius 2 is 2.46 bits per heavy atom. The fourth-order valence-electron chi connectivity index (χ4n) is 0.677. The van der Waals surface area contributed by atoms with Gasteiger partial charge >= 0.3 is 5.97 Å². The maximum absolute atomic E-state index is 11.0. The molecule has 0 fully saturated rings. The standard InChI is InChI=1S/C7H8N2O4/c1-9-6(10)2-5(3-8-9)13-4-7(11)12/h2-3H,4H2,1H3,(H,11,12). The van der Waals surface area contributed by atoms with Crippen molar-refractivity contribution < 1.29 is 14.6 Å². The quantitative estimate of drug-likeness (QED) is 0.668. The Morgan fingerprint density at radius 1 is 1.77 bits per heavy atom. The second kappa shape index (κ2) is 3.70. The number of ether oxygens (including phenoxy) is 1. The number of aliphatic carboxylic acids is 1. The molecule has 1 heterocycles. The fraction of sp³-hybridized carbons (Fsp3) is 0.286. The lowest BCUT2D eigenvalue weighted by molar-refractivity contribution is -0.139. The second-order valence-electron chi connectivity index (χ2n) is 2.34. The van der Waals surface area contributed by atoms with E-state index in [1.807, 2.05) is 0 Å². The third-order valence-corrected chi connectivity index (χ3v) is 1.31. The molecule has 0 unspecified atom stereocenters. The molecule has 0 aromatic carbocycles. The van der Waals surface area contributed by atoms with Gasteiger partial charge in [-0.3, -0.25) is 4.79 Å². The van der Waals surface area contributed by atoms with E-state index in [0.717, 1.165) is 4.68 Å². The van der Waals surface area contributed by atoms with Crippen LogP contribution in [0.25, 0.3) is 0 Å². The van der Waals surface area contributed by atoms with Gasteiger partial charge < -0.3 is 9.84 Å². The van der Waals surface area contributed by atoms with E-state index in [1.54, 1.807) is 0 Å². The van der Waals surface area contributed by atoms with Gasteiger partial charge in [0.25, 0.3) is 5.56 Å². The van der Waals surface area contributed by atoms with Gasteiger partial charge in [-0.05, 0) is 0 Å². The van der Waals surface area contributed by atoms with Gasteiger partial charge in [0, 0.05) is 13.1 Å². The van der Waals surface area contributed by atoms with E-state index in [4.69, 9.17) is 9.84 Å². The van der Waals surface area contributed by atoms with Crippen LogP contribution in [0.3, 0.4) is 0 Å². The third-order valence-electron chi connectivity index (χ3n) is 1.31. The smallest absolute Gasteiger partial charge is 0.341 e. The first-order valence-corrected chi connectivity index (χ1v) is 3.47. The number of carboxylic acid groups (broad SMARTS) is 1. The number of hydrogen-bond acceptors (Lipinski definition) is 4. The summed E-state index contributed by atoms with van der Waals surface area (Å²) in [6.45, 7) is -0.477. The minimum atomic E-state index is -1.10. The zero-order valence-corrected chi connectivity index (χ0v) is 6.93. The van der Waals surface area contributed by atoms with Crippen LogP contribution in [0.4, 0.5) is 0 Å². The maximum Gasteiger partial charge on any atom is 0.341 e. The molecule has 1 aromatic heterocycles. The summed E-state index contributed by atoms with van der Waals surface area (Å²) in [5.41, 5.74) is -0.345. The average molecular weight is 184 g/mol. The van der Waals surface area contributed by atoms with E-state index in [0.29, 0.717) is 0 Å². The fourth-order valence-corrected chi connectivity index (χ4v) is 0.677. The highest BCUT2D eigenvalue weighted by atomic mass is 16.5. The van der Waals surface area contributed by atoms with Gasteiger partial charge in [0.15, 0.2) is 6.61 Å². The lowest BCUT2D eigenvalue weighted by atomic mass is 10.5. The zero-order chi connectivity index (χ0) is 9.84. The Hall–Kier alpha value is -1.85. The predicted octanol–water partition coefficient (Wildman–Crippen LogP) is -0.756. The highest BCUT2D eigenvalue weighted by Gasteiger charge is 2.00. The van der Waals surface area contributed by atoms with Crippen LogP contribution in [-0.2, 0) is 11.8 Å². The minimum absolute atomic E-state index is 0.158. The first kappa shape index (κ1) is 9.24. The van der Waals surface area contributed by atoms with Gasteiger partial charge in [-0.2, -0.15) is 5.10 Å². The molecular formula is C7H8N2O4. The molecule has 0 aliphatic carbocycles. The van der Waals surface area contributed by atoms with Crippen molar-refractivity contribution in [2.75, 3.05) is 6.61 Å². The van der Waals surface area contributed by atoms with E-state index < -0.39 is 12.6 Å². The molecule has 1 rings (SSSR count). The van der Waals surface area contributed by atoms with Crippen molar-refractivity contribution in [1.29, 1.82) is 0 Å². The van der Waals surface area contributed by atoms with Gasteiger partial charge in [-0.25, -0.2) is 9.48 Å². The number of hydrogen-bond donors (Lipinski definition) is 1. The second-order valence-corrected chi connectivity index (χ2v) is 2.34. The summed E-state index contributed by atoms with van der Waals surface area (Å²) < 4.78 is 5.85. The van der Waals surface area contributed by atoms with E-state index in [1.165, 1.54) is 19.3 Å². The SMILES string of the molecule is Cn1ncc(OCC(=O)O)cc1=O. The maximum atomic E-state index is 11.0. The van der Waals surface area contributed by atoms with E-state index in [2.05, 4.69) is 5.10 Å². The van der Waals surface area contributed by atoms with Crippen LogP contribution in [-0.4, -0.2) is 27.5 Å². The molecule has 0 aliphatic heterocycles. The minimum Gasteiger partial charge on any atom is -0.480 e. The number of nitrogens with zero attached hydrogens (tertiary/aromatic N) is 2. The highest BCUT2D eigenvalue weighted by molar-refractivity contribution is 5.68. The Bertz CT molecular complexity index is 371. The highest BCUT2D eigenvalue weighted by Crippen LogP contribution is 2.01. The summed E-state index contributed by atoms with van der Waals surface area (Å²) in [7, 11) is 1.49. The van der Waals surface area contributed by atoms with Gasteiger partial charge in [0.1, 0.15) is 5.75 Å². The third kappa shape index (κ3) is 2.58. The Morgan fingerprint density at radius 3 is 3.00 bits per heavy atom. The van der Waals surface area contributed by atoms with Gasteiger partial charge in [0.2, 0.25) is 0 Å². The number of aromatic nitrogens is 2. The molecule has 1 N–H and O–H groups in total. The molecule has 6 nitrogen and oxygen atoms in total. The van der Waals surface area contributed by atoms with E-state index in [-0.39, 0.29) is 11.3 Å². The van der Waals surface area contributed by atoms with Gasteiger partial charge in [-0.15, -0.1) is 0 Å². The topological polar surface area (TPSA) is 81.4 Å². The molecule has 0 radical (unpaired) electrons. The number of carboxylic acids is 1. The molecule has 1 aromatic rings. The largest absolute Gasteiger partial charge is 0.480 e. The number of rotatable bonds is 3. The van der Waals surface area contributed by atoms with Gasteiger partial charge in [-0.1, -0.05) is 0 Å². The first-order valence-electron chi connectivity index (χ1n) is 3.47. The Kier molecular flexibility index (Phi) is 2.63. The summed E-state index contributed by atoms with van der Waals surface area (Å²) in [6.07, 6.45) is 1.28. The van der Waals surface area contributed by atoms with Gasteiger partial charge in [0.05, 0.1) is 6.20 Å². The average Bonchev–Trinajstić information content (AvgIpc) is 2.07. The molecule has 6 heteroatoms. The summed E-state index contributed by atoms with van der Waals surface area (Å²) in [5, 5.41) is 11.9. The predicted molar refractivity (Wildman–Crippen MR) is 42.6 cm³/mol. The van der Waals surface area contributed by atoms with E-state index in [9.17, 15) is 9.59 Å². The number of carbonyl (C=O) groups is 1. The van der Waals surface area contributed by atoms with Crippen LogP contribution in [0.2, 0.25) is 0 Å². The summed E-state index contributed by atoms with van der Waals surface area (Å²) in [4.78, 5) is 21.1. The van der Waals surface area contributed by atoms with Crippen molar-refractivity contribution >= 4 is 5.97 Å².